The molecule has 0 aliphatic heterocycles. The molecule has 0 aromatic heterocycles. The van der Waals surface area contributed by atoms with Crippen LogP contribution in [0.4, 0.5) is 0 Å². The second kappa shape index (κ2) is 8.36. The molecular weight excluding hydrogens is 304 g/mol. The van der Waals surface area contributed by atoms with Crippen LogP contribution >= 0.6 is 0 Å². The van der Waals surface area contributed by atoms with Crippen molar-refractivity contribution in [3.8, 4) is 0 Å². The lowest BCUT2D eigenvalue weighted by molar-refractivity contribution is -0.127. The minimum Gasteiger partial charge on any atom is -0.385 e. The smallest absolute Gasteiger partial charge is 0.142 e. The van der Waals surface area contributed by atoms with E-state index in [1.165, 1.54) is 0 Å². The number of aliphatic hydroxyl groups is 2. The van der Waals surface area contributed by atoms with Gasteiger partial charge >= 0.3 is 0 Å². The van der Waals surface area contributed by atoms with Crippen LogP contribution in [0, 0.1) is 11.8 Å². The van der Waals surface area contributed by atoms with E-state index in [-0.39, 0.29) is 23.4 Å². The van der Waals surface area contributed by atoms with E-state index in [0.29, 0.717) is 12.8 Å². The number of Topliss-reactive ketones (excluding diaryl/α,β-unsaturated/α-hetero) is 2. The normalized spacial score (nSPS) is 33.8. The average molecular weight is 332 g/mol. The highest BCUT2D eigenvalue weighted by molar-refractivity contribution is 5.84. The second-order valence-corrected chi connectivity index (χ2v) is 6.53. The van der Waals surface area contributed by atoms with Crippen LogP contribution in [-0.2, 0) is 9.59 Å². The lowest BCUT2D eigenvalue weighted by Gasteiger charge is -2.28. The molecule has 0 saturated carbocycles. The minimum atomic E-state index is -0.998. The molecule has 2 N–H and O–H groups in total. The molecule has 0 spiro atoms. The highest BCUT2D eigenvalue weighted by Crippen LogP contribution is 2.26. The van der Waals surface area contributed by atoms with E-state index >= 15 is 0 Å². The van der Waals surface area contributed by atoms with E-state index < -0.39 is 11.2 Å². The fraction of sp³-hybridized carbons (Fsp3) is 0.500. The van der Waals surface area contributed by atoms with Gasteiger partial charge in [0.15, 0.2) is 0 Å². The van der Waals surface area contributed by atoms with Gasteiger partial charge in [-0.15, -0.1) is 0 Å². The lowest BCUT2D eigenvalue weighted by atomic mass is 9.82. The Kier molecular flexibility index (Phi) is 7.06. The Morgan fingerprint density at radius 2 is 1.12 bits per heavy atom. The van der Waals surface area contributed by atoms with Crippen LogP contribution in [0.5, 0.6) is 0 Å². The summed E-state index contributed by atoms with van der Waals surface area (Å²) in [6.45, 7) is 6.94. The van der Waals surface area contributed by atoms with Gasteiger partial charge in [0.1, 0.15) is 11.6 Å². The zero-order valence-corrected chi connectivity index (χ0v) is 14.9. The summed E-state index contributed by atoms with van der Waals surface area (Å²) < 4.78 is 0. The third-order valence-corrected chi connectivity index (χ3v) is 4.35. The van der Waals surface area contributed by atoms with Crippen LogP contribution in [0.25, 0.3) is 0 Å². The van der Waals surface area contributed by atoms with Crippen molar-refractivity contribution >= 4 is 11.6 Å². The SMILES string of the molecule is CCC(=O)C1C=CC=CC1(C)O.CCC(=O)C1C=CC=CC1(C)O. The Bertz CT molecular complexity index is 524. The van der Waals surface area contributed by atoms with E-state index in [0.717, 1.165) is 0 Å². The van der Waals surface area contributed by atoms with Gasteiger partial charge in [-0.1, -0.05) is 62.5 Å². The summed E-state index contributed by atoms with van der Waals surface area (Å²) in [6.07, 6.45) is 14.9. The van der Waals surface area contributed by atoms with Gasteiger partial charge in [0.25, 0.3) is 0 Å². The van der Waals surface area contributed by atoms with Crippen LogP contribution in [0.2, 0.25) is 0 Å². The van der Waals surface area contributed by atoms with E-state index in [1.807, 2.05) is 13.8 Å². The van der Waals surface area contributed by atoms with Crippen molar-refractivity contribution in [1.82, 2.24) is 0 Å². The molecule has 0 bridgehead atoms. The summed E-state index contributed by atoms with van der Waals surface area (Å²) in [5.41, 5.74) is -2.00. The van der Waals surface area contributed by atoms with Gasteiger partial charge < -0.3 is 10.2 Å². The molecule has 2 aliphatic rings. The lowest BCUT2D eigenvalue weighted by Crippen LogP contribution is -2.37. The number of allylic oxidation sites excluding steroid dienone is 4. The summed E-state index contributed by atoms with van der Waals surface area (Å²) in [6, 6.07) is 0. The Balaban J connectivity index is 0.000000240. The Hall–Kier alpha value is -1.78. The molecule has 24 heavy (non-hydrogen) atoms. The molecule has 4 heteroatoms. The van der Waals surface area contributed by atoms with Crippen molar-refractivity contribution in [1.29, 1.82) is 0 Å². The van der Waals surface area contributed by atoms with Crippen LogP contribution in [0.1, 0.15) is 40.5 Å². The molecule has 0 aromatic carbocycles. The van der Waals surface area contributed by atoms with Crippen LogP contribution in [0.3, 0.4) is 0 Å². The molecular formula is C20H28O4. The molecule has 0 aromatic rings. The molecule has 0 fully saturated rings. The van der Waals surface area contributed by atoms with E-state index in [1.54, 1.807) is 62.5 Å². The first-order valence-corrected chi connectivity index (χ1v) is 8.38. The highest BCUT2D eigenvalue weighted by atomic mass is 16.3. The summed E-state index contributed by atoms with van der Waals surface area (Å²) in [5, 5.41) is 19.6. The fourth-order valence-corrected chi connectivity index (χ4v) is 2.75. The average Bonchev–Trinajstić information content (AvgIpc) is 2.53. The van der Waals surface area contributed by atoms with Gasteiger partial charge in [-0.2, -0.15) is 0 Å². The minimum absolute atomic E-state index is 0.0839. The zero-order valence-electron chi connectivity index (χ0n) is 14.9. The molecule has 0 saturated heterocycles. The van der Waals surface area contributed by atoms with Crippen LogP contribution < -0.4 is 0 Å². The molecule has 0 amide bonds. The Morgan fingerprint density at radius 3 is 1.38 bits per heavy atom. The third kappa shape index (κ3) is 5.11. The highest BCUT2D eigenvalue weighted by Gasteiger charge is 2.33. The van der Waals surface area contributed by atoms with Gasteiger partial charge in [0.05, 0.1) is 23.0 Å². The number of rotatable bonds is 4. The van der Waals surface area contributed by atoms with Crippen LogP contribution in [0.15, 0.2) is 48.6 Å². The maximum atomic E-state index is 11.3. The number of carbonyl (C=O) groups excluding carboxylic acids is 2. The first-order chi connectivity index (χ1) is 11.2. The summed E-state index contributed by atoms with van der Waals surface area (Å²) >= 11 is 0. The van der Waals surface area contributed by atoms with E-state index in [2.05, 4.69) is 0 Å². The van der Waals surface area contributed by atoms with Crippen molar-refractivity contribution in [3.05, 3.63) is 48.6 Å². The number of carbonyl (C=O) groups is 2. The number of hydrogen-bond donors (Lipinski definition) is 2. The largest absolute Gasteiger partial charge is 0.385 e. The zero-order chi connectivity index (χ0) is 18.4. The summed E-state index contributed by atoms with van der Waals surface area (Å²) in [4.78, 5) is 22.7. The molecule has 4 nitrogen and oxygen atoms in total. The summed E-state index contributed by atoms with van der Waals surface area (Å²) in [7, 11) is 0. The molecule has 2 aliphatic carbocycles. The predicted molar refractivity (Wildman–Crippen MR) is 95.4 cm³/mol. The summed E-state index contributed by atoms with van der Waals surface area (Å²) in [5.74, 6) is -0.568. The van der Waals surface area contributed by atoms with Gasteiger partial charge in [-0.3, -0.25) is 9.59 Å². The van der Waals surface area contributed by atoms with Crippen molar-refractivity contribution < 1.29 is 19.8 Å². The van der Waals surface area contributed by atoms with Crippen molar-refractivity contribution in [2.75, 3.05) is 0 Å². The fourth-order valence-electron chi connectivity index (χ4n) is 2.75. The van der Waals surface area contributed by atoms with Gasteiger partial charge in [-0.25, -0.2) is 0 Å². The van der Waals surface area contributed by atoms with Crippen molar-refractivity contribution in [3.63, 3.8) is 0 Å². The molecule has 0 heterocycles. The molecule has 0 radical (unpaired) electrons. The molecule has 4 unspecified atom stereocenters. The monoisotopic (exact) mass is 332 g/mol. The number of ketones is 2. The van der Waals surface area contributed by atoms with E-state index in [9.17, 15) is 19.8 Å². The number of hydrogen-bond acceptors (Lipinski definition) is 4. The molecule has 4 atom stereocenters. The maximum absolute atomic E-state index is 11.3. The van der Waals surface area contributed by atoms with E-state index in [4.69, 9.17) is 0 Å². The third-order valence-electron chi connectivity index (χ3n) is 4.35. The van der Waals surface area contributed by atoms with Crippen molar-refractivity contribution in [2.45, 2.75) is 51.7 Å². The quantitative estimate of drug-likeness (QED) is 0.830. The second-order valence-electron chi connectivity index (χ2n) is 6.53. The van der Waals surface area contributed by atoms with Gasteiger partial charge in [0, 0.05) is 12.8 Å². The first-order valence-electron chi connectivity index (χ1n) is 8.38. The Morgan fingerprint density at radius 1 is 0.792 bits per heavy atom. The van der Waals surface area contributed by atoms with Gasteiger partial charge in [0.2, 0.25) is 0 Å². The predicted octanol–water partition coefficient (Wildman–Crippen LogP) is 2.92. The van der Waals surface area contributed by atoms with Crippen LogP contribution in [-0.4, -0.2) is 33.0 Å². The van der Waals surface area contributed by atoms with Gasteiger partial charge in [-0.05, 0) is 13.8 Å². The molecule has 2 rings (SSSR count). The van der Waals surface area contributed by atoms with Crippen molar-refractivity contribution in [2.24, 2.45) is 11.8 Å². The topological polar surface area (TPSA) is 74.6 Å². The molecule has 132 valence electrons. The Labute approximate surface area is 144 Å². The standard InChI is InChI=1S/2C10H14O2/c2*1-3-9(11)8-6-4-5-7-10(8,2)12/h2*4-8,12H,3H2,1-2H3. The maximum Gasteiger partial charge on any atom is 0.142 e. The first kappa shape index (κ1) is 20.3.